The zero-order valence-electron chi connectivity index (χ0n) is 65.1. The smallest absolute Gasteiger partial charge is 0.346 e. The third-order valence-electron chi connectivity index (χ3n) is 21.8. The molecule has 0 atom stereocenters. The molecule has 24 rings (SSSR count). The van der Waals surface area contributed by atoms with E-state index in [4.69, 9.17) is 19.9 Å². The van der Waals surface area contributed by atoms with Crippen LogP contribution < -0.4 is 0 Å². The number of aromatic nitrogens is 9. The Kier molecular flexibility index (Phi) is 22.5. The molecule has 0 amide bonds. The number of hydrogen-bond acceptors (Lipinski definition) is 9. The van der Waals surface area contributed by atoms with E-state index in [1.165, 1.54) is 30.3 Å². The summed E-state index contributed by atoms with van der Waals surface area (Å²) in [5, 5.41) is 9.91. The first-order valence-electron chi connectivity index (χ1n) is 39.5. The molecule has 9 heterocycles. The van der Waals surface area contributed by atoms with Crippen molar-refractivity contribution in [1.82, 2.24) is 43.6 Å². The maximum atomic E-state index is 4.93. The minimum atomic E-state index is 0. The van der Waals surface area contributed by atoms with Crippen LogP contribution in [0.3, 0.4) is 0 Å². The van der Waals surface area contributed by atoms with Gasteiger partial charge in [-0.1, -0.05) is 262 Å². The first-order chi connectivity index (χ1) is 59.5. The summed E-state index contributed by atoms with van der Waals surface area (Å²) < 4.78 is 10.4. The van der Waals surface area contributed by atoms with E-state index in [1.807, 2.05) is 110 Å². The SMILES string of the molecule is [Pt+2].[Pt+2].[Pt+2].[c-]1c(-c2ccccn2)cc(-c2ccccc2)cc1-n1c2[c-]c(-c3nc4ccccc4s3)ccc2c2ccccc21.[c-]1c(-c2ccccn2)ccc(-c2ccccc2)c1-n1c2[c-]c(-c3nc4ccccc4s3)ccc2c2ccccc21.[c-]1c(-n2c3[c-]c(-c4nc5ccccc5s4)ccc3c3ccccc32)ccc(-c2ccccc2)c1-c1ccccn1. The van der Waals surface area contributed by atoms with Crippen molar-refractivity contribution in [2.75, 3.05) is 0 Å². The van der Waals surface area contributed by atoms with Crippen molar-refractivity contribution in [3.63, 3.8) is 0 Å². The largest absolute Gasteiger partial charge is 2.00 e. The van der Waals surface area contributed by atoms with Crippen molar-refractivity contribution >= 4 is 130 Å². The van der Waals surface area contributed by atoms with Gasteiger partial charge >= 0.3 is 63.2 Å². The maximum Gasteiger partial charge on any atom is 2.00 e. The third-order valence-corrected chi connectivity index (χ3v) is 25.0. The van der Waals surface area contributed by atoms with Crippen molar-refractivity contribution in [2.45, 2.75) is 0 Å². The number of nitrogens with zero attached hydrogens (tertiary/aromatic N) is 9. The van der Waals surface area contributed by atoms with E-state index in [9.17, 15) is 0 Å². The van der Waals surface area contributed by atoms with Crippen LogP contribution in [0.5, 0.6) is 0 Å². The molecule has 588 valence electrons. The molecular weight excluding hydrogens is 2100 g/mol. The standard InChI is InChI=1S/3C36H21N3S.3Pt/c1-2-10-24(11-3-1)27-20-18-26(23-30(27)31-13-8-9-21-37-31)39-33-15-6-4-12-28(33)29-19-17-25(22-34(29)39)36-38-32-14-5-7-16-35(32)40-36;1-2-10-24(11-3-1)27-19-17-25(30-13-8-9-21-37-30)22-33(27)39-32-15-6-4-12-28(32)29-20-18-26(23-34(29)39)36-38-31-14-5-7-16-35(31)40-36;1-2-10-24(11-3-1)26-20-27(31-13-8-9-19-37-31)22-28(21-26)39-33-15-6-4-12-29(33)30-18-17-25(23-34(30)39)36-38-32-14-5-7-16-35(32)40-36;;;/h3*1-21H;;;/q3*-2;3*+2. The normalized spacial score (nSPS) is 11.2. The average Bonchev–Trinajstić information content (AvgIpc) is 1.60. The summed E-state index contributed by atoms with van der Waals surface area (Å²) in [4.78, 5) is 28.7. The van der Waals surface area contributed by atoms with Gasteiger partial charge in [-0.2, -0.15) is 34.0 Å². The van der Waals surface area contributed by atoms with Gasteiger partial charge in [0.1, 0.15) is 0 Å². The van der Waals surface area contributed by atoms with Crippen LogP contribution in [-0.2, 0) is 63.2 Å². The van der Waals surface area contributed by atoms with Gasteiger partial charge in [0, 0.05) is 64.3 Å². The number of thiazole rings is 3. The van der Waals surface area contributed by atoms with Gasteiger partial charge in [0.15, 0.2) is 0 Å². The zero-order valence-corrected chi connectivity index (χ0v) is 74.3. The van der Waals surface area contributed by atoms with E-state index in [-0.39, 0.29) is 63.2 Å². The Labute approximate surface area is 764 Å². The van der Waals surface area contributed by atoms with E-state index in [2.05, 4.69) is 333 Å². The molecule has 0 spiro atoms. The third kappa shape index (κ3) is 15.2. The van der Waals surface area contributed by atoms with E-state index in [0.717, 1.165) is 182 Å². The van der Waals surface area contributed by atoms with Crippen molar-refractivity contribution in [3.05, 3.63) is 419 Å². The van der Waals surface area contributed by atoms with Crippen LogP contribution in [0, 0.1) is 36.4 Å². The molecule has 0 aliphatic carbocycles. The summed E-state index contributed by atoms with van der Waals surface area (Å²) >= 11 is 5.10. The number of fused-ring (bicyclic) bond motifs is 12. The van der Waals surface area contributed by atoms with Crippen molar-refractivity contribution in [1.29, 1.82) is 0 Å². The van der Waals surface area contributed by atoms with Gasteiger partial charge in [0.25, 0.3) is 0 Å². The minimum Gasteiger partial charge on any atom is -0.346 e. The van der Waals surface area contributed by atoms with Crippen molar-refractivity contribution < 1.29 is 63.2 Å². The Bertz CT molecular complexity index is 7830. The molecule has 0 saturated carbocycles. The molecule has 0 fully saturated rings. The Balaban J connectivity index is 0.000000120. The second-order valence-electron chi connectivity index (χ2n) is 29.1. The molecule has 0 saturated heterocycles. The Morgan fingerprint density at radius 1 is 0.236 bits per heavy atom. The number of benzene rings is 15. The molecule has 15 aromatic carbocycles. The van der Waals surface area contributed by atoms with Gasteiger partial charge in [-0.05, 0) is 145 Å². The molecule has 0 bridgehead atoms. The fraction of sp³-hybridized carbons (Fsp3) is 0. The summed E-state index contributed by atoms with van der Waals surface area (Å²) in [5.41, 5.74) is 27.5. The second kappa shape index (κ2) is 34.8. The van der Waals surface area contributed by atoms with Gasteiger partial charge < -0.3 is 28.7 Å². The van der Waals surface area contributed by atoms with Gasteiger partial charge in [0.2, 0.25) is 0 Å². The van der Waals surface area contributed by atoms with Crippen LogP contribution >= 0.6 is 34.0 Å². The van der Waals surface area contributed by atoms with E-state index in [0.29, 0.717) is 0 Å². The van der Waals surface area contributed by atoms with Gasteiger partial charge in [-0.25, -0.2) is 0 Å². The van der Waals surface area contributed by atoms with Gasteiger partial charge in [-0.15, -0.1) is 143 Å². The number of rotatable bonds is 12. The summed E-state index contributed by atoms with van der Waals surface area (Å²) in [5.74, 6) is 0. The summed E-state index contributed by atoms with van der Waals surface area (Å²) in [7, 11) is 0. The molecule has 123 heavy (non-hydrogen) atoms. The molecule has 0 radical (unpaired) electrons. The Hall–Kier alpha value is -13.1. The van der Waals surface area contributed by atoms with E-state index in [1.54, 1.807) is 34.0 Å². The number of para-hydroxylation sites is 6. The number of pyridine rings is 3. The van der Waals surface area contributed by atoms with E-state index >= 15 is 0 Å². The molecule has 0 aliphatic rings. The maximum absolute atomic E-state index is 4.93. The molecule has 0 aliphatic heterocycles. The van der Waals surface area contributed by atoms with Crippen LogP contribution in [0.4, 0.5) is 0 Å². The first-order valence-corrected chi connectivity index (χ1v) is 42.0. The quantitative estimate of drug-likeness (QED) is 0.113. The zero-order chi connectivity index (χ0) is 79.4. The minimum absolute atomic E-state index is 0. The van der Waals surface area contributed by atoms with Crippen LogP contribution in [0.2, 0.25) is 0 Å². The fourth-order valence-corrected chi connectivity index (χ4v) is 19.1. The molecule has 0 N–H and O–H groups in total. The van der Waals surface area contributed by atoms with Crippen molar-refractivity contribution in [3.8, 4) is 116 Å². The molecule has 24 aromatic rings. The predicted octanol–water partition coefficient (Wildman–Crippen LogP) is 28.2. The predicted molar refractivity (Wildman–Crippen MR) is 497 cm³/mol. The van der Waals surface area contributed by atoms with Crippen molar-refractivity contribution in [2.24, 2.45) is 0 Å². The summed E-state index contributed by atoms with van der Waals surface area (Å²) in [6.45, 7) is 0. The Morgan fingerprint density at radius 2 is 0.610 bits per heavy atom. The van der Waals surface area contributed by atoms with Gasteiger partial charge in [-0.3, -0.25) is 15.0 Å². The molecular formula is C108H63N9Pt3S3. The summed E-state index contributed by atoms with van der Waals surface area (Å²) in [6, 6.07) is 148. The van der Waals surface area contributed by atoms with Crippen LogP contribution in [0.1, 0.15) is 0 Å². The first kappa shape index (κ1) is 79.7. The average molecular weight is 2170 g/mol. The second-order valence-corrected chi connectivity index (χ2v) is 32.2. The van der Waals surface area contributed by atoms with Crippen LogP contribution in [0.25, 0.3) is 212 Å². The van der Waals surface area contributed by atoms with Crippen LogP contribution in [-0.4, -0.2) is 43.6 Å². The summed E-state index contributed by atoms with van der Waals surface area (Å²) in [6.07, 6.45) is 5.49. The molecule has 9 aromatic heterocycles. The van der Waals surface area contributed by atoms with Gasteiger partial charge in [0.05, 0.1) is 16.6 Å². The van der Waals surface area contributed by atoms with E-state index < -0.39 is 0 Å². The topological polar surface area (TPSA) is 92.1 Å². The monoisotopic (exact) mass is 2170 g/mol. The van der Waals surface area contributed by atoms with Crippen LogP contribution in [0.15, 0.2) is 383 Å². The molecule has 0 unspecified atom stereocenters. The Morgan fingerprint density at radius 3 is 1.07 bits per heavy atom. The number of hydrogen-bond donors (Lipinski definition) is 0. The molecule has 9 nitrogen and oxygen atoms in total. The molecule has 15 heteroatoms. The fourth-order valence-electron chi connectivity index (χ4n) is 16.2.